The summed E-state index contributed by atoms with van der Waals surface area (Å²) in [5.41, 5.74) is 2.76. The highest BCUT2D eigenvalue weighted by molar-refractivity contribution is 7.99. The predicted molar refractivity (Wildman–Crippen MR) is 78.0 cm³/mol. The summed E-state index contributed by atoms with van der Waals surface area (Å²) < 4.78 is 0. The van der Waals surface area contributed by atoms with E-state index in [1.54, 1.807) is 0 Å². The van der Waals surface area contributed by atoms with Gasteiger partial charge >= 0.3 is 0 Å². The van der Waals surface area contributed by atoms with Gasteiger partial charge in [0, 0.05) is 17.5 Å². The number of aryl methyl sites for hydroxylation is 1. The van der Waals surface area contributed by atoms with Crippen LogP contribution in [0.3, 0.4) is 0 Å². The molecule has 2 nitrogen and oxygen atoms in total. The van der Waals surface area contributed by atoms with E-state index in [1.807, 2.05) is 18.0 Å². The molecule has 0 aliphatic heterocycles. The highest BCUT2D eigenvalue weighted by atomic mass is 32.2. The summed E-state index contributed by atoms with van der Waals surface area (Å²) in [4.78, 5) is 4.58. The zero-order valence-corrected chi connectivity index (χ0v) is 11.9. The number of aromatic nitrogens is 1. The molecule has 3 atom stereocenters. The molecule has 1 heterocycles. The zero-order valence-electron chi connectivity index (χ0n) is 11.1. The number of nitrogens with one attached hydrogen (secondary N) is 1. The van der Waals surface area contributed by atoms with E-state index < -0.39 is 0 Å². The van der Waals surface area contributed by atoms with Gasteiger partial charge < -0.3 is 5.32 Å². The quantitative estimate of drug-likeness (QED) is 0.904. The van der Waals surface area contributed by atoms with Gasteiger partial charge in [-0.05, 0) is 50.0 Å². The summed E-state index contributed by atoms with van der Waals surface area (Å²) >= 11 is 2.04. The number of hydrogen-bond acceptors (Lipinski definition) is 3. The molecule has 1 N–H and O–H groups in total. The van der Waals surface area contributed by atoms with Crippen LogP contribution in [0.2, 0.25) is 0 Å². The van der Waals surface area contributed by atoms with Gasteiger partial charge in [-0.25, -0.2) is 0 Å². The molecule has 1 fully saturated rings. The lowest BCUT2D eigenvalue weighted by atomic mass is 9.94. The number of pyridine rings is 1. The first-order chi connectivity index (χ1) is 8.86. The van der Waals surface area contributed by atoms with Crippen molar-refractivity contribution in [3.63, 3.8) is 0 Å². The van der Waals surface area contributed by atoms with E-state index in [0.717, 1.165) is 5.25 Å². The molecule has 18 heavy (non-hydrogen) atoms. The summed E-state index contributed by atoms with van der Waals surface area (Å²) in [6.45, 7) is 0. The summed E-state index contributed by atoms with van der Waals surface area (Å²) in [7, 11) is 0. The van der Waals surface area contributed by atoms with Crippen LogP contribution in [0.1, 0.15) is 49.4 Å². The third-order valence-electron chi connectivity index (χ3n) is 4.35. The van der Waals surface area contributed by atoms with E-state index in [2.05, 4.69) is 28.7 Å². The molecule has 0 aromatic carbocycles. The van der Waals surface area contributed by atoms with Crippen LogP contribution >= 0.6 is 11.8 Å². The molecular weight excluding hydrogens is 240 g/mol. The third-order valence-corrected chi connectivity index (χ3v) is 5.45. The molecule has 1 aromatic rings. The van der Waals surface area contributed by atoms with Gasteiger partial charge in [0.1, 0.15) is 0 Å². The molecule has 1 aromatic heterocycles. The molecule has 3 unspecified atom stereocenters. The Bertz CT molecular complexity index is 407. The number of rotatable bonds is 3. The van der Waals surface area contributed by atoms with Gasteiger partial charge in [0.15, 0.2) is 0 Å². The Morgan fingerprint density at radius 2 is 2.28 bits per heavy atom. The average molecular weight is 262 g/mol. The second kappa shape index (κ2) is 5.62. The molecule has 0 amide bonds. The first kappa shape index (κ1) is 12.5. The van der Waals surface area contributed by atoms with Gasteiger partial charge in [-0.2, -0.15) is 11.8 Å². The summed E-state index contributed by atoms with van der Waals surface area (Å²) in [5, 5.41) is 4.72. The van der Waals surface area contributed by atoms with Crippen LogP contribution in [0.4, 0.5) is 0 Å². The molecule has 3 heteroatoms. The minimum atomic E-state index is 0.506. The molecular formula is C15H22N2S. The first-order valence-corrected chi connectivity index (χ1v) is 8.38. The van der Waals surface area contributed by atoms with E-state index in [4.69, 9.17) is 0 Å². The maximum atomic E-state index is 4.58. The van der Waals surface area contributed by atoms with E-state index >= 15 is 0 Å². The fraction of sp³-hybridized carbons (Fsp3) is 0.667. The van der Waals surface area contributed by atoms with Gasteiger partial charge in [0.25, 0.3) is 0 Å². The minimum Gasteiger partial charge on any atom is -0.306 e. The van der Waals surface area contributed by atoms with Gasteiger partial charge in [-0.1, -0.05) is 12.5 Å². The van der Waals surface area contributed by atoms with Gasteiger partial charge in [0.05, 0.1) is 11.7 Å². The number of nitrogens with zero attached hydrogens (tertiary/aromatic N) is 1. The molecule has 0 saturated heterocycles. The van der Waals surface area contributed by atoms with Crippen molar-refractivity contribution < 1.29 is 0 Å². The SMILES string of the molecule is CSC1CCCC(NC2CCc3cccnc32)C1. The highest BCUT2D eigenvalue weighted by Gasteiger charge is 2.28. The van der Waals surface area contributed by atoms with Gasteiger partial charge in [-0.15, -0.1) is 0 Å². The normalized spacial score (nSPS) is 31.3. The lowest BCUT2D eigenvalue weighted by Crippen LogP contribution is -2.37. The van der Waals surface area contributed by atoms with Crippen LogP contribution < -0.4 is 5.32 Å². The molecule has 0 radical (unpaired) electrons. The molecule has 2 aliphatic carbocycles. The minimum absolute atomic E-state index is 0.506. The maximum absolute atomic E-state index is 4.58. The largest absolute Gasteiger partial charge is 0.306 e. The fourth-order valence-electron chi connectivity index (χ4n) is 3.37. The maximum Gasteiger partial charge on any atom is 0.0605 e. The van der Waals surface area contributed by atoms with E-state index in [1.165, 1.54) is 49.8 Å². The number of hydrogen-bond donors (Lipinski definition) is 1. The van der Waals surface area contributed by atoms with E-state index in [0.29, 0.717) is 12.1 Å². The molecule has 3 rings (SSSR count). The standard InChI is InChI=1S/C15H22N2S/c1-18-13-6-2-5-12(10-13)17-14-8-7-11-4-3-9-16-15(11)14/h3-4,9,12-14,17H,2,5-8,10H2,1H3. The van der Waals surface area contributed by atoms with Gasteiger partial charge in [0.2, 0.25) is 0 Å². The monoisotopic (exact) mass is 262 g/mol. The molecule has 0 spiro atoms. The predicted octanol–water partition coefficient (Wildman–Crippen LogP) is 3.33. The zero-order chi connectivity index (χ0) is 12.4. The van der Waals surface area contributed by atoms with Crippen LogP contribution in [0.25, 0.3) is 0 Å². The third kappa shape index (κ3) is 2.57. The van der Waals surface area contributed by atoms with Crippen molar-refractivity contribution in [2.45, 2.75) is 55.9 Å². The number of fused-ring (bicyclic) bond motifs is 1. The van der Waals surface area contributed by atoms with Crippen LogP contribution in [0, 0.1) is 0 Å². The Morgan fingerprint density at radius 1 is 1.33 bits per heavy atom. The smallest absolute Gasteiger partial charge is 0.0605 e. The van der Waals surface area contributed by atoms with Gasteiger partial charge in [-0.3, -0.25) is 4.98 Å². The summed E-state index contributed by atoms with van der Waals surface area (Å²) in [6.07, 6.45) is 12.1. The summed E-state index contributed by atoms with van der Waals surface area (Å²) in [5.74, 6) is 0. The Hall–Kier alpha value is -0.540. The lowest BCUT2D eigenvalue weighted by molar-refractivity contribution is 0.341. The van der Waals surface area contributed by atoms with Crippen molar-refractivity contribution in [2.24, 2.45) is 0 Å². The Morgan fingerprint density at radius 3 is 3.17 bits per heavy atom. The molecule has 2 aliphatic rings. The van der Waals surface area contributed by atoms with Crippen LogP contribution in [-0.4, -0.2) is 22.5 Å². The Balaban J connectivity index is 1.64. The van der Waals surface area contributed by atoms with E-state index in [-0.39, 0.29) is 0 Å². The topological polar surface area (TPSA) is 24.9 Å². The second-order valence-corrected chi connectivity index (χ2v) is 6.67. The van der Waals surface area contributed by atoms with Crippen LogP contribution in [0.5, 0.6) is 0 Å². The van der Waals surface area contributed by atoms with E-state index in [9.17, 15) is 0 Å². The molecule has 98 valence electrons. The Labute approximate surface area is 114 Å². The van der Waals surface area contributed by atoms with Crippen molar-refractivity contribution in [1.29, 1.82) is 0 Å². The van der Waals surface area contributed by atoms with Crippen molar-refractivity contribution >= 4 is 11.8 Å². The average Bonchev–Trinajstić information content (AvgIpc) is 2.83. The molecule has 1 saturated carbocycles. The lowest BCUT2D eigenvalue weighted by Gasteiger charge is -2.31. The van der Waals surface area contributed by atoms with Crippen LogP contribution in [-0.2, 0) is 6.42 Å². The second-order valence-electron chi connectivity index (χ2n) is 5.53. The van der Waals surface area contributed by atoms with Crippen molar-refractivity contribution in [1.82, 2.24) is 10.3 Å². The first-order valence-electron chi connectivity index (χ1n) is 7.09. The van der Waals surface area contributed by atoms with Crippen molar-refractivity contribution in [3.8, 4) is 0 Å². The Kier molecular flexibility index (Phi) is 3.90. The fourth-order valence-corrected chi connectivity index (χ4v) is 4.20. The van der Waals surface area contributed by atoms with Crippen LogP contribution in [0.15, 0.2) is 18.3 Å². The number of thioether (sulfide) groups is 1. The van der Waals surface area contributed by atoms with Crippen molar-refractivity contribution in [2.75, 3.05) is 6.26 Å². The molecule has 0 bridgehead atoms. The van der Waals surface area contributed by atoms with Crippen molar-refractivity contribution in [3.05, 3.63) is 29.6 Å². The highest BCUT2D eigenvalue weighted by Crippen LogP contribution is 2.33. The summed E-state index contributed by atoms with van der Waals surface area (Å²) in [6, 6.07) is 5.50.